The van der Waals surface area contributed by atoms with Crippen molar-refractivity contribution in [2.75, 3.05) is 7.05 Å². The van der Waals surface area contributed by atoms with E-state index in [9.17, 15) is 0 Å². The van der Waals surface area contributed by atoms with Gasteiger partial charge in [0.15, 0.2) is 0 Å². The second-order valence-electron chi connectivity index (χ2n) is 5.75. The quantitative estimate of drug-likeness (QED) is 0.790. The average molecular weight is 266 g/mol. The predicted molar refractivity (Wildman–Crippen MR) is 78.7 cm³/mol. The fourth-order valence-corrected chi connectivity index (χ4v) is 3.56. The molecule has 2 heterocycles. The SMILES string of the molecule is Cc1ccc([C@@H]2[C@@H]3CCc4ccccc4C3=NN2C)o1. The highest BCUT2D eigenvalue weighted by atomic mass is 16.3. The Bertz CT molecular complexity index is 686. The highest BCUT2D eigenvalue weighted by Crippen LogP contribution is 2.42. The van der Waals surface area contributed by atoms with Gasteiger partial charge >= 0.3 is 0 Å². The van der Waals surface area contributed by atoms with E-state index in [2.05, 4.69) is 42.4 Å². The number of nitrogens with zero attached hydrogens (tertiary/aromatic N) is 2. The maximum Gasteiger partial charge on any atom is 0.128 e. The zero-order valence-corrected chi connectivity index (χ0v) is 11.8. The molecule has 0 unspecified atom stereocenters. The minimum absolute atomic E-state index is 0.243. The molecule has 20 heavy (non-hydrogen) atoms. The monoisotopic (exact) mass is 266 g/mol. The summed E-state index contributed by atoms with van der Waals surface area (Å²) < 4.78 is 5.86. The summed E-state index contributed by atoms with van der Waals surface area (Å²) in [6.07, 6.45) is 2.27. The lowest BCUT2D eigenvalue weighted by Gasteiger charge is -2.27. The largest absolute Gasteiger partial charge is 0.464 e. The molecule has 2 aliphatic rings. The predicted octanol–water partition coefficient (Wildman–Crippen LogP) is 3.54. The molecular weight excluding hydrogens is 248 g/mol. The van der Waals surface area contributed by atoms with Crippen LogP contribution >= 0.6 is 0 Å². The van der Waals surface area contributed by atoms with Crippen LogP contribution in [-0.4, -0.2) is 17.8 Å². The summed E-state index contributed by atoms with van der Waals surface area (Å²) in [6, 6.07) is 13.0. The van der Waals surface area contributed by atoms with Crippen molar-refractivity contribution in [2.24, 2.45) is 11.0 Å². The molecule has 1 aromatic carbocycles. The fraction of sp³-hybridized carbons (Fsp3) is 0.353. The smallest absolute Gasteiger partial charge is 0.128 e. The van der Waals surface area contributed by atoms with Crippen LogP contribution in [0, 0.1) is 12.8 Å². The van der Waals surface area contributed by atoms with Crippen LogP contribution in [0.25, 0.3) is 0 Å². The highest BCUT2D eigenvalue weighted by Gasteiger charge is 2.41. The van der Waals surface area contributed by atoms with E-state index >= 15 is 0 Å². The van der Waals surface area contributed by atoms with E-state index in [1.165, 1.54) is 16.8 Å². The summed E-state index contributed by atoms with van der Waals surface area (Å²) in [6.45, 7) is 2.00. The van der Waals surface area contributed by atoms with Crippen molar-refractivity contribution in [3.8, 4) is 0 Å². The van der Waals surface area contributed by atoms with Crippen LogP contribution in [-0.2, 0) is 6.42 Å². The molecule has 0 saturated carbocycles. The van der Waals surface area contributed by atoms with E-state index in [1.54, 1.807) is 0 Å². The molecular formula is C17H18N2O. The summed E-state index contributed by atoms with van der Waals surface area (Å²) >= 11 is 0. The van der Waals surface area contributed by atoms with Crippen molar-refractivity contribution in [3.63, 3.8) is 0 Å². The summed E-state index contributed by atoms with van der Waals surface area (Å²) in [5.41, 5.74) is 3.97. The van der Waals surface area contributed by atoms with Crippen molar-refractivity contribution in [1.29, 1.82) is 0 Å². The minimum atomic E-state index is 0.243. The Morgan fingerprint density at radius 3 is 2.85 bits per heavy atom. The second-order valence-corrected chi connectivity index (χ2v) is 5.75. The Morgan fingerprint density at radius 1 is 1.20 bits per heavy atom. The van der Waals surface area contributed by atoms with E-state index in [4.69, 9.17) is 9.52 Å². The number of hydrogen-bond donors (Lipinski definition) is 0. The maximum absolute atomic E-state index is 5.86. The lowest BCUT2D eigenvalue weighted by Crippen LogP contribution is -2.27. The Balaban J connectivity index is 1.76. The molecule has 2 atom stereocenters. The molecule has 0 radical (unpaired) electrons. The van der Waals surface area contributed by atoms with Gasteiger partial charge in [-0.1, -0.05) is 24.3 Å². The van der Waals surface area contributed by atoms with Gasteiger partial charge in [-0.15, -0.1) is 0 Å². The molecule has 2 aromatic rings. The number of rotatable bonds is 1. The fourth-order valence-electron chi connectivity index (χ4n) is 3.56. The molecule has 3 nitrogen and oxygen atoms in total. The first-order valence-corrected chi connectivity index (χ1v) is 7.20. The van der Waals surface area contributed by atoms with Gasteiger partial charge in [-0.3, -0.25) is 5.01 Å². The summed E-state index contributed by atoms with van der Waals surface area (Å²) in [5, 5.41) is 6.88. The molecule has 0 fully saturated rings. The number of hydrogen-bond acceptors (Lipinski definition) is 3. The van der Waals surface area contributed by atoms with E-state index < -0.39 is 0 Å². The topological polar surface area (TPSA) is 28.7 Å². The molecule has 0 spiro atoms. The first-order chi connectivity index (χ1) is 9.74. The third-order valence-corrected chi connectivity index (χ3v) is 4.47. The number of furan rings is 1. The maximum atomic E-state index is 5.86. The molecule has 0 N–H and O–H groups in total. The van der Waals surface area contributed by atoms with Gasteiger partial charge in [-0.25, -0.2) is 0 Å². The normalized spacial score (nSPS) is 24.3. The van der Waals surface area contributed by atoms with Gasteiger partial charge in [0.2, 0.25) is 0 Å². The second kappa shape index (κ2) is 4.23. The lowest BCUT2D eigenvalue weighted by atomic mass is 9.78. The molecule has 0 amide bonds. The van der Waals surface area contributed by atoms with Crippen LogP contribution in [0.3, 0.4) is 0 Å². The molecule has 3 heteroatoms. The molecule has 102 valence electrons. The van der Waals surface area contributed by atoms with Crippen molar-refractivity contribution >= 4 is 5.71 Å². The van der Waals surface area contributed by atoms with Gasteiger partial charge in [-0.05, 0) is 37.5 Å². The zero-order valence-electron chi connectivity index (χ0n) is 11.8. The van der Waals surface area contributed by atoms with E-state index in [0.29, 0.717) is 5.92 Å². The number of benzene rings is 1. The van der Waals surface area contributed by atoms with Crippen molar-refractivity contribution in [2.45, 2.75) is 25.8 Å². The number of aryl methyl sites for hydroxylation is 2. The van der Waals surface area contributed by atoms with Gasteiger partial charge < -0.3 is 4.42 Å². The van der Waals surface area contributed by atoms with Crippen molar-refractivity contribution in [1.82, 2.24) is 5.01 Å². The van der Waals surface area contributed by atoms with E-state index in [0.717, 1.165) is 24.4 Å². The van der Waals surface area contributed by atoms with Crippen LogP contribution in [0.5, 0.6) is 0 Å². The Labute approximate surface area is 118 Å². The van der Waals surface area contributed by atoms with Gasteiger partial charge in [0.05, 0.1) is 5.71 Å². The number of hydrazone groups is 1. The van der Waals surface area contributed by atoms with Crippen LogP contribution in [0.4, 0.5) is 0 Å². The van der Waals surface area contributed by atoms with E-state index in [-0.39, 0.29) is 6.04 Å². The molecule has 1 aliphatic carbocycles. The number of fused-ring (bicyclic) bond motifs is 3. The molecule has 1 aliphatic heterocycles. The average Bonchev–Trinajstić information content (AvgIpc) is 3.01. The standard InChI is InChI=1S/C17H18N2O/c1-11-7-10-15(20-11)17-14-9-8-12-5-3-4-6-13(12)16(14)18-19(17)2/h3-7,10,14,17H,8-9H2,1-2H3/t14-,17+/m1/s1. The summed E-state index contributed by atoms with van der Waals surface area (Å²) in [4.78, 5) is 0. The van der Waals surface area contributed by atoms with Crippen molar-refractivity contribution < 1.29 is 4.42 Å². The molecule has 0 bridgehead atoms. The Morgan fingerprint density at radius 2 is 2.05 bits per heavy atom. The van der Waals surface area contributed by atoms with E-state index in [1.807, 2.05) is 13.0 Å². The van der Waals surface area contributed by atoms with Crippen LogP contribution in [0.2, 0.25) is 0 Å². The van der Waals surface area contributed by atoms with Crippen molar-refractivity contribution in [3.05, 3.63) is 59.0 Å². The van der Waals surface area contributed by atoms with Gasteiger partial charge in [0, 0.05) is 18.5 Å². The molecule has 0 saturated heterocycles. The van der Waals surface area contributed by atoms with Crippen LogP contribution in [0.15, 0.2) is 45.9 Å². The van der Waals surface area contributed by atoms with Gasteiger partial charge in [-0.2, -0.15) is 5.10 Å². The van der Waals surface area contributed by atoms with Crippen LogP contribution in [0.1, 0.15) is 35.1 Å². The summed E-state index contributed by atoms with van der Waals surface area (Å²) in [5.74, 6) is 2.45. The third-order valence-electron chi connectivity index (χ3n) is 4.47. The Kier molecular flexibility index (Phi) is 2.49. The minimum Gasteiger partial charge on any atom is -0.464 e. The Hall–Kier alpha value is -2.03. The van der Waals surface area contributed by atoms with Gasteiger partial charge in [0.1, 0.15) is 17.6 Å². The first kappa shape index (κ1) is 11.8. The van der Waals surface area contributed by atoms with Crippen LogP contribution < -0.4 is 0 Å². The molecule has 1 aromatic heterocycles. The zero-order chi connectivity index (χ0) is 13.7. The first-order valence-electron chi connectivity index (χ1n) is 7.20. The van der Waals surface area contributed by atoms with Gasteiger partial charge in [0.25, 0.3) is 0 Å². The lowest BCUT2D eigenvalue weighted by molar-refractivity contribution is 0.209. The highest BCUT2D eigenvalue weighted by molar-refractivity contribution is 6.05. The third kappa shape index (κ3) is 1.62. The molecule has 4 rings (SSSR count). The summed E-state index contributed by atoms with van der Waals surface area (Å²) in [7, 11) is 2.05.